The van der Waals surface area contributed by atoms with E-state index >= 15 is 0 Å². The molecule has 0 spiro atoms. The van der Waals surface area contributed by atoms with Gasteiger partial charge in [-0.3, -0.25) is 9.59 Å². The summed E-state index contributed by atoms with van der Waals surface area (Å²) in [7, 11) is 0. The monoisotopic (exact) mass is 369 g/mol. The third kappa shape index (κ3) is 4.45. The highest BCUT2D eigenvalue weighted by Crippen LogP contribution is 2.16. The highest BCUT2D eigenvalue weighted by atomic mass is 79.9. The number of nitrogens with two attached hydrogens (primary N) is 1. The molecule has 2 amide bonds. The van der Waals surface area contributed by atoms with Crippen LogP contribution in [0.25, 0.3) is 0 Å². The molecule has 0 radical (unpaired) electrons. The van der Waals surface area contributed by atoms with E-state index in [4.69, 9.17) is 10.5 Å². The van der Waals surface area contributed by atoms with Gasteiger partial charge in [-0.25, -0.2) is 0 Å². The van der Waals surface area contributed by atoms with E-state index in [0.717, 1.165) is 4.47 Å². The van der Waals surface area contributed by atoms with Gasteiger partial charge in [-0.2, -0.15) is 0 Å². The third-order valence-electron chi connectivity index (χ3n) is 3.51. The van der Waals surface area contributed by atoms with Crippen molar-refractivity contribution >= 4 is 27.7 Å². The van der Waals surface area contributed by atoms with E-state index in [1.807, 2.05) is 12.1 Å². The van der Waals surface area contributed by atoms with Crippen molar-refractivity contribution < 1.29 is 14.3 Å². The van der Waals surface area contributed by atoms with Crippen LogP contribution >= 0.6 is 15.9 Å². The van der Waals surface area contributed by atoms with Gasteiger partial charge >= 0.3 is 0 Å². The van der Waals surface area contributed by atoms with Gasteiger partial charge < -0.3 is 20.3 Å². The largest absolute Gasteiger partial charge is 0.484 e. The lowest BCUT2D eigenvalue weighted by Crippen LogP contribution is -2.54. The maximum Gasteiger partial charge on any atom is 0.260 e. The number of hydrogen-bond donors (Lipinski definition) is 1. The van der Waals surface area contributed by atoms with Gasteiger partial charge in [0.05, 0.1) is 6.04 Å². The first kappa shape index (κ1) is 16.8. The molecule has 1 fully saturated rings. The van der Waals surface area contributed by atoms with Crippen molar-refractivity contribution in [2.24, 2.45) is 5.73 Å². The minimum absolute atomic E-state index is 0.00285. The second-order valence-corrected chi connectivity index (χ2v) is 6.15. The van der Waals surface area contributed by atoms with Gasteiger partial charge in [-0.15, -0.1) is 0 Å². The van der Waals surface area contributed by atoms with Gasteiger partial charge in [0.2, 0.25) is 5.91 Å². The molecule has 2 N–H and O–H groups in total. The van der Waals surface area contributed by atoms with Gasteiger partial charge in [0, 0.05) is 30.7 Å². The van der Waals surface area contributed by atoms with Crippen molar-refractivity contribution in [2.45, 2.75) is 13.0 Å². The standard InChI is InChI=1S/C15H20BrN3O3/c1-11(17)15(21)19-8-6-18(7-9-19)14(20)10-22-13-4-2-12(16)3-5-13/h2-5,11H,6-10,17H2,1H3/t11-/m1/s1. The number of amides is 2. The molecule has 1 aromatic carbocycles. The zero-order valence-corrected chi connectivity index (χ0v) is 14.1. The van der Waals surface area contributed by atoms with E-state index in [-0.39, 0.29) is 18.4 Å². The molecule has 1 atom stereocenters. The first-order valence-electron chi connectivity index (χ1n) is 7.18. The minimum Gasteiger partial charge on any atom is -0.484 e. The van der Waals surface area contributed by atoms with E-state index in [9.17, 15) is 9.59 Å². The molecule has 1 heterocycles. The lowest BCUT2D eigenvalue weighted by Gasteiger charge is -2.35. The molecule has 2 rings (SSSR count). The summed E-state index contributed by atoms with van der Waals surface area (Å²) in [6.07, 6.45) is 0. The van der Waals surface area contributed by atoms with Gasteiger partial charge in [-0.05, 0) is 31.2 Å². The van der Waals surface area contributed by atoms with E-state index in [1.165, 1.54) is 0 Å². The summed E-state index contributed by atoms with van der Waals surface area (Å²) in [4.78, 5) is 27.3. The van der Waals surface area contributed by atoms with Crippen LogP contribution < -0.4 is 10.5 Å². The minimum atomic E-state index is -0.497. The van der Waals surface area contributed by atoms with E-state index in [2.05, 4.69) is 15.9 Å². The molecule has 1 aliphatic rings. The summed E-state index contributed by atoms with van der Waals surface area (Å²) in [5.41, 5.74) is 5.59. The normalized spacial score (nSPS) is 16.3. The average molecular weight is 370 g/mol. The van der Waals surface area contributed by atoms with Crippen molar-refractivity contribution in [3.8, 4) is 5.75 Å². The van der Waals surface area contributed by atoms with E-state index < -0.39 is 6.04 Å². The number of nitrogens with zero attached hydrogens (tertiary/aromatic N) is 2. The van der Waals surface area contributed by atoms with Crippen molar-refractivity contribution in [3.63, 3.8) is 0 Å². The third-order valence-corrected chi connectivity index (χ3v) is 4.04. The fourth-order valence-electron chi connectivity index (χ4n) is 2.23. The Kier molecular flexibility index (Phi) is 5.79. The number of ether oxygens (including phenoxy) is 1. The quantitative estimate of drug-likeness (QED) is 0.853. The fraction of sp³-hybridized carbons (Fsp3) is 0.467. The Bertz CT molecular complexity index is 525. The predicted octanol–water partition coefficient (Wildman–Crippen LogP) is 0.846. The van der Waals surface area contributed by atoms with Crippen LogP contribution in [0.1, 0.15) is 6.92 Å². The second-order valence-electron chi connectivity index (χ2n) is 5.24. The number of rotatable bonds is 4. The molecule has 6 nitrogen and oxygen atoms in total. The molecular formula is C15H20BrN3O3. The number of hydrogen-bond acceptors (Lipinski definition) is 4. The van der Waals surface area contributed by atoms with Crippen LogP contribution in [0.5, 0.6) is 5.75 Å². The average Bonchev–Trinajstić information content (AvgIpc) is 2.53. The van der Waals surface area contributed by atoms with Crippen molar-refractivity contribution in [3.05, 3.63) is 28.7 Å². The molecule has 1 saturated heterocycles. The highest BCUT2D eigenvalue weighted by molar-refractivity contribution is 9.10. The lowest BCUT2D eigenvalue weighted by atomic mass is 10.2. The van der Waals surface area contributed by atoms with Crippen LogP contribution in [-0.4, -0.2) is 60.4 Å². The van der Waals surface area contributed by atoms with E-state index in [1.54, 1.807) is 28.9 Å². The maximum atomic E-state index is 12.1. The molecule has 0 aliphatic carbocycles. The number of piperazine rings is 1. The highest BCUT2D eigenvalue weighted by Gasteiger charge is 2.25. The number of carbonyl (C=O) groups is 2. The zero-order valence-electron chi connectivity index (χ0n) is 12.5. The van der Waals surface area contributed by atoms with Gasteiger partial charge in [0.1, 0.15) is 5.75 Å². The molecular weight excluding hydrogens is 350 g/mol. The van der Waals surface area contributed by atoms with Crippen molar-refractivity contribution in [1.82, 2.24) is 9.80 Å². The van der Waals surface area contributed by atoms with Crippen LogP contribution in [0.15, 0.2) is 28.7 Å². The molecule has 0 saturated carbocycles. The molecule has 120 valence electrons. The lowest BCUT2D eigenvalue weighted by molar-refractivity contribution is -0.141. The molecule has 1 aliphatic heterocycles. The first-order chi connectivity index (χ1) is 10.5. The number of halogens is 1. The van der Waals surface area contributed by atoms with Crippen LogP contribution in [0, 0.1) is 0 Å². The summed E-state index contributed by atoms with van der Waals surface area (Å²) < 4.78 is 6.44. The molecule has 1 aromatic rings. The fourth-order valence-corrected chi connectivity index (χ4v) is 2.50. The Balaban J connectivity index is 1.77. The predicted molar refractivity (Wildman–Crippen MR) is 86.4 cm³/mol. The van der Waals surface area contributed by atoms with Gasteiger partial charge in [0.25, 0.3) is 5.91 Å². The Morgan fingerprint density at radius 2 is 1.73 bits per heavy atom. The number of carbonyl (C=O) groups excluding carboxylic acids is 2. The maximum absolute atomic E-state index is 12.1. The molecule has 0 unspecified atom stereocenters. The van der Waals surface area contributed by atoms with Crippen LogP contribution in [-0.2, 0) is 9.59 Å². The molecule has 0 aromatic heterocycles. The van der Waals surface area contributed by atoms with Crippen LogP contribution in [0.3, 0.4) is 0 Å². The molecule has 22 heavy (non-hydrogen) atoms. The topological polar surface area (TPSA) is 75.9 Å². The molecule has 7 heteroatoms. The van der Waals surface area contributed by atoms with E-state index in [0.29, 0.717) is 31.9 Å². The SMILES string of the molecule is C[C@@H](N)C(=O)N1CCN(C(=O)COc2ccc(Br)cc2)CC1. The van der Waals surface area contributed by atoms with Crippen molar-refractivity contribution in [2.75, 3.05) is 32.8 Å². The summed E-state index contributed by atoms with van der Waals surface area (Å²) in [6.45, 7) is 3.74. The Morgan fingerprint density at radius 1 is 1.18 bits per heavy atom. The second kappa shape index (κ2) is 7.60. The summed E-state index contributed by atoms with van der Waals surface area (Å²) in [5, 5.41) is 0. The smallest absolute Gasteiger partial charge is 0.260 e. The summed E-state index contributed by atoms with van der Waals surface area (Å²) >= 11 is 3.34. The van der Waals surface area contributed by atoms with Gasteiger partial charge in [0.15, 0.2) is 6.61 Å². The first-order valence-corrected chi connectivity index (χ1v) is 7.97. The van der Waals surface area contributed by atoms with Crippen molar-refractivity contribution in [1.29, 1.82) is 0 Å². The molecule has 0 bridgehead atoms. The Morgan fingerprint density at radius 3 is 2.27 bits per heavy atom. The zero-order chi connectivity index (χ0) is 16.1. The van der Waals surface area contributed by atoms with Crippen LogP contribution in [0.2, 0.25) is 0 Å². The summed E-state index contributed by atoms with van der Waals surface area (Å²) in [6, 6.07) is 6.83. The Labute approximate surface area is 138 Å². The van der Waals surface area contributed by atoms with Gasteiger partial charge in [-0.1, -0.05) is 15.9 Å². The summed E-state index contributed by atoms with van der Waals surface area (Å²) in [5.74, 6) is 0.511. The number of benzene rings is 1. The Hall–Kier alpha value is -1.60. The van der Waals surface area contributed by atoms with Crippen LogP contribution in [0.4, 0.5) is 0 Å².